The fourth-order valence-corrected chi connectivity index (χ4v) is 4.03. The minimum Gasteiger partial charge on any atom is -0.378 e. The van der Waals surface area contributed by atoms with Gasteiger partial charge in [-0.1, -0.05) is 18.5 Å². The first-order valence-electron chi connectivity index (χ1n) is 10.1. The summed E-state index contributed by atoms with van der Waals surface area (Å²) in [6.45, 7) is 7.30. The number of nitrogens with zero attached hydrogens (tertiary/aromatic N) is 4. The lowest BCUT2D eigenvalue weighted by Gasteiger charge is -2.29. The SMILES string of the molecule is Cc1cc(N2CCOCC2)nc(-c2ccc(Cl)cc2F)c1N=C1C(C)CCN1C=O. The summed E-state index contributed by atoms with van der Waals surface area (Å²) in [5.41, 5.74) is 2.22. The fraction of sp³-hybridized carbons (Fsp3) is 0.409. The number of halogens is 2. The summed E-state index contributed by atoms with van der Waals surface area (Å²) < 4.78 is 20.3. The van der Waals surface area contributed by atoms with E-state index >= 15 is 0 Å². The molecule has 0 radical (unpaired) electrons. The van der Waals surface area contributed by atoms with Crippen LogP contribution in [0.3, 0.4) is 0 Å². The van der Waals surface area contributed by atoms with Crippen molar-refractivity contribution in [2.45, 2.75) is 20.3 Å². The Kier molecular flexibility index (Phi) is 6.01. The summed E-state index contributed by atoms with van der Waals surface area (Å²) in [5.74, 6) is 1.12. The number of pyridine rings is 1. The average molecular weight is 431 g/mol. The van der Waals surface area contributed by atoms with Crippen LogP contribution in [0.15, 0.2) is 29.3 Å². The molecule has 30 heavy (non-hydrogen) atoms. The standard InChI is InChI=1S/C22H24ClFN4O2/c1-14-5-6-28(13-29)22(14)26-20-15(2)11-19(27-7-9-30-10-8-27)25-21(20)17-4-3-16(23)12-18(17)24/h3-4,11-14H,5-10H2,1-2H3. The van der Waals surface area contributed by atoms with E-state index in [9.17, 15) is 9.18 Å². The highest BCUT2D eigenvalue weighted by molar-refractivity contribution is 6.30. The van der Waals surface area contributed by atoms with Crippen molar-refractivity contribution in [1.82, 2.24) is 9.88 Å². The van der Waals surface area contributed by atoms with E-state index in [-0.39, 0.29) is 5.92 Å². The van der Waals surface area contributed by atoms with Gasteiger partial charge in [0.1, 0.15) is 23.2 Å². The molecule has 8 heteroatoms. The van der Waals surface area contributed by atoms with Crippen molar-refractivity contribution < 1.29 is 13.9 Å². The van der Waals surface area contributed by atoms with Gasteiger partial charge in [-0.25, -0.2) is 14.4 Å². The Morgan fingerprint density at radius 3 is 2.73 bits per heavy atom. The Bertz CT molecular complexity index is 991. The first kappa shape index (κ1) is 20.8. The topological polar surface area (TPSA) is 58.0 Å². The number of carbonyl (C=O) groups excluding carboxylic acids is 1. The highest BCUT2D eigenvalue weighted by Crippen LogP contribution is 2.38. The summed E-state index contributed by atoms with van der Waals surface area (Å²) in [6, 6.07) is 6.52. The molecule has 4 rings (SSSR count). The Morgan fingerprint density at radius 1 is 1.27 bits per heavy atom. The molecule has 2 fully saturated rings. The number of aromatic nitrogens is 1. The Hall–Kier alpha value is -2.51. The van der Waals surface area contributed by atoms with Crippen LogP contribution in [-0.4, -0.2) is 55.0 Å². The smallest absolute Gasteiger partial charge is 0.215 e. The number of aryl methyl sites for hydroxylation is 1. The molecular weight excluding hydrogens is 407 g/mol. The van der Waals surface area contributed by atoms with E-state index in [4.69, 9.17) is 26.3 Å². The van der Waals surface area contributed by atoms with Crippen LogP contribution in [0.25, 0.3) is 11.3 Å². The number of amidine groups is 1. The molecule has 1 aromatic carbocycles. The molecular formula is C22H24ClFN4O2. The number of carbonyl (C=O) groups is 1. The van der Waals surface area contributed by atoms with Crippen LogP contribution in [-0.2, 0) is 9.53 Å². The third-order valence-corrected chi connectivity index (χ3v) is 5.82. The number of ether oxygens (including phenoxy) is 1. The van der Waals surface area contributed by atoms with E-state index < -0.39 is 5.82 Å². The number of morpholine rings is 1. The molecule has 2 saturated heterocycles. The van der Waals surface area contributed by atoms with Gasteiger partial charge in [-0.3, -0.25) is 4.79 Å². The number of likely N-dealkylation sites (tertiary alicyclic amines) is 1. The van der Waals surface area contributed by atoms with Crippen molar-refractivity contribution in [1.29, 1.82) is 0 Å². The zero-order valence-corrected chi connectivity index (χ0v) is 17.8. The van der Waals surface area contributed by atoms with Gasteiger partial charge in [0.15, 0.2) is 0 Å². The fourth-order valence-electron chi connectivity index (χ4n) is 3.87. The Morgan fingerprint density at radius 2 is 2.03 bits per heavy atom. The number of amides is 1. The van der Waals surface area contributed by atoms with Crippen molar-refractivity contribution in [3.63, 3.8) is 0 Å². The van der Waals surface area contributed by atoms with Gasteiger partial charge in [-0.2, -0.15) is 0 Å². The molecule has 1 amide bonds. The van der Waals surface area contributed by atoms with E-state index in [1.54, 1.807) is 17.0 Å². The molecule has 6 nitrogen and oxygen atoms in total. The minimum atomic E-state index is -0.457. The van der Waals surface area contributed by atoms with Gasteiger partial charge in [-0.05, 0) is 43.2 Å². The quantitative estimate of drug-likeness (QED) is 0.681. The summed E-state index contributed by atoms with van der Waals surface area (Å²) in [5, 5.41) is 0.321. The van der Waals surface area contributed by atoms with Crippen molar-refractivity contribution in [2.75, 3.05) is 37.7 Å². The highest BCUT2D eigenvalue weighted by Gasteiger charge is 2.27. The van der Waals surface area contributed by atoms with E-state index in [2.05, 4.69) is 4.90 Å². The largest absolute Gasteiger partial charge is 0.378 e. The minimum absolute atomic E-state index is 0.136. The predicted octanol–water partition coefficient (Wildman–Crippen LogP) is 4.21. The zero-order valence-electron chi connectivity index (χ0n) is 17.1. The monoisotopic (exact) mass is 430 g/mol. The average Bonchev–Trinajstić information content (AvgIpc) is 3.09. The van der Waals surface area contributed by atoms with Crippen molar-refractivity contribution >= 4 is 35.4 Å². The van der Waals surface area contributed by atoms with Crippen molar-refractivity contribution in [2.24, 2.45) is 10.9 Å². The second kappa shape index (κ2) is 8.70. The molecule has 1 unspecified atom stereocenters. The molecule has 0 aliphatic carbocycles. The van der Waals surface area contributed by atoms with E-state index in [1.165, 1.54) is 6.07 Å². The molecule has 2 aromatic rings. The molecule has 3 heterocycles. The van der Waals surface area contributed by atoms with Gasteiger partial charge in [0.05, 0.1) is 18.9 Å². The van der Waals surface area contributed by atoms with E-state index in [0.717, 1.165) is 37.3 Å². The molecule has 0 spiro atoms. The lowest BCUT2D eigenvalue weighted by atomic mass is 10.0. The third-order valence-electron chi connectivity index (χ3n) is 5.58. The number of aliphatic imine (C=N–C) groups is 1. The molecule has 1 aromatic heterocycles. The molecule has 0 saturated carbocycles. The maximum atomic E-state index is 14.9. The predicted molar refractivity (Wildman–Crippen MR) is 116 cm³/mol. The van der Waals surface area contributed by atoms with Crippen LogP contribution < -0.4 is 4.90 Å². The van der Waals surface area contributed by atoms with Gasteiger partial charge in [-0.15, -0.1) is 0 Å². The number of hydrogen-bond acceptors (Lipinski definition) is 5. The summed E-state index contributed by atoms with van der Waals surface area (Å²) in [6.07, 6.45) is 1.65. The second-order valence-electron chi connectivity index (χ2n) is 7.68. The molecule has 0 N–H and O–H groups in total. The van der Waals surface area contributed by atoms with Gasteiger partial charge < -0.3 is 14.5 Å². The first-order chi connectivity index (χ1) is 14.5. The van der Waals surface area contributed by atoms with Gasteiger partial charge in [0, 0.05) is 36.1 Å². The lowest BCUT2D eigenvalue weighted by molar-refractivity contribution is -0.114. The summed E-state index contributed by atoms with van der Waals surface area (Å²) in [4.78, 5) is 24.9. The maximum absolute atomic E-state index is 14.9. The number of hydrogen-bond donors (Lipinski definition) is 0. The highest BCUT2D eigenvalue weighted by atomic mass is 35.5. The van der Waals surface area contributed by atoms with E-state index in [1.807, 2.05) is 19.9 Å². The Balaban J connectivity index is 1.89. The van der Waals surface area contributed by atoms with Crippen LogP contribution in [0.2, 0.25) is 5.02 Å². The second-order valence-corrected chi connectivity index (χ2v) is 8.11. The summed E-state index contributed by atoms with van der Waals surface area (Å²) >= 11 is 5.97. The van der Waals surface area contributed by atoms with Crippen molar-refractivity contribution in [3.05, 3.63) is 40.7 Å². The number of anilines is 1. The van der Waals surface area contributed by atoms with Crippen molar-refractivity contribution in [3.8, 4) is 11.3 Å². The van der Waals surface area contributed by atoms with Crippen LogP contribution in [0.4, 0.5) is 15.9 Å². The molecule has 2 aliphatic rings. The van der Waals surface area contributed by atoms with E-state index in [0.29, 0.717) is 47.6 Å². The molecule has 2 aliphatic heterocycles. The third kappa shape index (κ3) is 4.04. The lowest BCUT2D eigenvalue weighted by Crippen LogP contribution is -2.36. The Labute approximate surface area is 180 Å². The van der Waals surface area contributed by atoms with Gasteiger partial charge in [0.25, 0.3) is 0 Å². The molecule has 1 atom stereocenters. The number of benzene rings is 1. The normalized spacial score (nSPS) is 20.8. The van der Waals surface area contributed by atoms with Crippen LogP contribution in [0.5, 0.6) is 0 Å². The van der Waals surface area contributed by atoms with Crippen LogP contribution in [0.1, 0.15) is 18.9 Å². The van der Waals surface area contributed by atoms with Crippen LogP contribution in [0, 0.1) is 18.7 Å². The zero-order chi connectivity index (χ0) is 21.3. The first-order valence-corrected chi connectivity index (χ1v) is 10.5. The number of rotatable bonds is 4. The van der Waals surface area contributed by atoms with Gasteiger partial charge >= 0.3 is 0 Å². The van der Waals surface area contributed by atoms with Crippen LogP contribution >= 0.6 is 11.6 Å². The van der Waals surface area contributed by atoms with Gasteiger partial charge in [0.2, 0.25) is 6.41 Å². The summed E-state index contributed by atoms with van der Waals surface area (Å²) in [7, 11) is 0. The molecule has 158 valence electrons. The molecule has 0 bridgehead atoms. The maximum Gasteiger partial charge on any atom is 0.215 e.